The molecule has 3 rings (SSSR count). The number of carbonyl (C=O) groups is 3. The Kier molecular flexibility index (Phi) is 9.21. The first-order valence-corrected chi connectivity index (χ1v) is 13.6. The van der Waals surface area contributed by atoms with Crippen molar-refractivity contribution in [3.8, 4) is 6.07 Å². The number of rotatable bonds is 7. The van der Waals surface area contributed by atoms with Gasteiger partial charge in [-0.05, 0) is 64.2 Å². The monoisotopic (exact) mass is 532 g/mol. The minimum absolute atomic E-state index is 0.125. The molecule has 1 fully saturated rings. The molecule has 1 aliphatic carbocycles. The van der Waals surface area contributed by atoms with Crippen LogP contribution >= 0.6 is 11.3 Å². The fourth-order valence-electron chi connectivity index (χ4n) is 5.80. The Bertz CT molecular complexity index is 1060. The lowest BCUT2D eigenvalue weighted by Crippen LogP contribution is -2.55. The second-order valence-corrected chi connectivity index (χ2v) is 12.3. The van der Waals surface area contributed by atoms with E-state index in [0.29, 0.717) is 43.0 Å². The molecule has 0 saturated carbocycles. The summed E-state index contributed by atoms with van der Waals surface area (Å²) in [6.45, 7) is 8.18. The highest BCUT2D eigenvalue weighted by Gasteiger charge is 2.43. The Morgan fingerprint density at radius 1 is 1.27 bits per heavy atom. The number of amides is 4. The third-order valence-electron chi connectivity index (χ3n) is 7.31. The molecular formula is C26H40N6O4S. The Morgan fingerprint density at radius 2 is 1.97 bits per heavy atom. The number of likely N-dealkylation sites (N-methyl/N-ethyl adjacent to an activating group) is 1. The SMILES string of the molecule is CCN(C(=O)NCC(C)(C)CN(C)C)C(=O)[C@@H]1C[C@@H]2Cc3c(sc(NC(=O)OC)c3C#N)C[C@H]2N(C)C1. The highest BCUT2D eigenvalue weighted by molar-refractivity contribution is 7.16. The molecule has 204 valence electrons. The third-order valence-corrected chi connectivity index (χ3v) is 8.48. The number of methoxy groups -OCH3 is 1. The van der Waals surface area contributed by atoms with Crippen molar-refractivity contribution >= 4 is 34.4 Å². The van der Waals surface area contributed by atoms with Crippen LogP contribution < -0.4 is 10.6 Å². The Hall–Kier alpha value is -2.68. The van der Waals surface area contributed by atoms with Gasteiger partial charge in [0.25, 0.3) is 0 Å². The Balaban J connectivity index is 1.72. The number of hydrogen-bond donors (Lipinski definition) is 2. The largest absolute Gasteiger partial charge is 0.453 e. The van der Waals surface area contributed by atoms with E-state index in [1.165, 1.54) is 23.3 Å². The number of anilines is 1. The summed E-state index contributed by atoms with van der Waals surface area (Å²) >= 11 is 1.43. The molecular weight excluding hydrogens is 492 g/mol. The van der Waals surface area contributed by atoms with Gasteiger partial charge in [0.2, 0.25) is 5.91 Å². The predicted octanol–water partition coefficient (Wildman–Crippen LogP) is 2.98. The molecule has 0 aromatic carbocycles. The minimum atomic E-state index is -0.599. The van der Waals surface area contributed by atoms with Crippen LogP contribution in [0.15, 0.2) is 0 Å². The minimum Gasteiger partial charge on any atom is -0.453 e. The van der Waals surface area contributed by atoms with Gasteiger partial charge in [-0.1, -0.05) is 13.8 Å². The van der Waals surface area contributed by atoms with Crippen LogP contribution in [0.3, 0.4) is 0 Å². The van der Waals surface area contributed by atoms with Crippen LogP contribution in [0.1, 0.15) is 43.2 Å². The van der Waals surface area contributed by atoms with Gasteiger partial charge in [-0.3, -0.25) is 15.0 Å². The summed E-state index contributed by atoms with van der Waals surface area (Å²) in [5.74, 6) is -0.279. The molecule has 1 aliphatic heterocycles. The van der Waals surface area contributed by atoms with Crippen molar-refractivity contribution < 1.29 is 19.1 Å². The number of imide groups is 1. The maximum atomic E-state index is 13.5. The normalized spacial score (nSPS) is 21.4. The van der Waals surface area contributed by atoms with Crippen LogP contribution in [0.4, 0.5) is 14.6 Å². The first-order valence-electron chi connectivity index (χ1n) is 12.7. The number of ether oxygens (including phenoxy) is 1. The highest BCUT2D eigenvalue weighted by Crippen LogP contribution is 2.44. The van der Waals surface area contributed by atoms with Crippen molar-refractivity contribution in [3.05, 3.63) is 16.0 Å². The molecule has 1 saturated heterocycles. The Morgan fingerprint density at radius 3 is 2.57 bits per heavy atom. The molecule has 2 heterocycles. The van der Waals surface area contributed by atoms with E-state index in [1.807, 2.05) is 28.1 Å². The van der Waals surface area contributed by atoms with Crippen LogP contribution in [-0.2, 0) is 22.4 Å². The van der Waals surface area contributed by atoms with Crippen LogP contribution in [0.2, 0.25) is 0 Å². The molecule has 1 aromatic rings. The number of piperidine rings is 1. The van der Waals surface area contributed by atoms with Gasteiger partial charge in [-0.2, -0.15) is 5.26 Å². The van der Waals surface area contributed by atoms with Crippen molar-refractivity contribution in [2.45, 2.75) is 46.1 Å². The van der Waals surface area contributed by atoms with E-state index < -0.39 is 6.09 Å². The van der Waals surface area contributed by atoms with E-state index in [-0.39, 0.29) is 35.2 Å². The van der Waals surface area contributed by atoms with Crippen molar-refractivity contribution in [2.24, 2.45) is 17.3 Å². The van der Waals surface area contributed by atoms with E-state index in [1.54, 1.807) is 0 Å². The first-order chi connectivity index (χ1) is 17.4. The second kappa shape index (κ2) is 11.8. The van der Waals surface area contributed by atoms with Gasteiger partial charge in [0.05, 0.1) is 18.6 Å². The van der Waals surface area contributed by atoms with E-state index in [0.717, 1.165) is 23.4 Å². The summed E-state index contributed by atoms with van der Waals surface area (Å²) < 4.78 is 4.70. The van der Waals surface area contributed by atoms with Crippen molar-refractivity contribution in [1.82, 2.24) is 20.0 Å². The molecule has 3 atom stereocenters. The molecule has 4 amide bonds. The van der Waals surface area contributed by atoms with Crippen molar-refractivity contribution in [3.63, 3.8) is 0 Å². The lowest BCUT2D eigenvalue weighted by atomic mass is 9.74. The number of urea groups is 1. The maximum Gasteiger partial charge on any atom is 0.411 e. The number of fused-ring (bicyclic) bond motifs is 2. The zero-order chi connectivity index (χ0) is 27.5. The molecule has 10 nitrogen and oxygen atoms in total. The fourth-order valence-corrected chi connectivity index (χ4v) is 7.01. The second-order valence-electron chi connectivity index (χ2n) is 11.2. The number of nitriles is 1. The van der Waals surface area contributed by atoms with Gasteiger partial charge < -0.3 is 19.9 Å². The zero-order valence-electron chi connectivity index (χ0n) is 23.0. The molecule has 37 heavy (non-hydrogen) atoms. The zero-order valence-corrected chi connectivity index (χ0v) is 23.8. The van der Waals surface area contributed by atoms with E-state index in [9.17, 15) is 19.6 Å². The summed E-state index contributed by atoms with van der Waals surface area (Å²) in [6.07, 6.45) is 1.48. The first kappa shape index (κ1) is 28.9. The predicted molar refractivity (Wildman–Crippen MR) is 144 cm³/mol. The molecule has 11 heteroatoms. The van der Waals surface area contributed by atoms with Crippen LogP contribution in [0.5, 0.6) is 0 Å². The van der Waals surface area contributed by atoms with E-state index >= 15 is 0 Å². The average Bonchev–Trinajstić information content (AvgIpc) is 3.16. The highest BCUT2D eigenvalue weighted by atomic mass is 32.1. The third kappa shape index (κ3) is 6.61. The van der Waals surface area contributed by atoms with Crippen LogP contribution in [0.25, 0.3) is 0 Å². The summed E-state index contributed by atoms with van der Waals surface area (Å²) in [6, 6.07) is 2.14. The number of likely N-dealkylation sites (tertiary alicyclic amines) is 1. The lowest BCUT2D eigenvalue weighted by molar-refractivity contribution is -0.135. The van der Waals surface area contributed by atoms with Crippen molar-refractivity contribution in [2.75, 3.05) is 59.7 Å². The number of carbonyl (C=O) groups excluding carboxylic acids is 3. The molecule has 2 N–H and O–H groups in total. The number of hydrogen-bond acceptors (Lipinski definition) is 8. The van der Waals surface area contributed by atoms with Crippen LogP contribution in [0, 0.1) is 28.6 Å². The number of thiophene rings is 1. The molecule has 0 unspecified atom stereocenters. The summed E-state index contributed by atoms with van der Waals surface area (Å²) in [4.78, 5) is 45.0. The molecule has 2 aliphatic rings. The quantitative estimate of drug-likeness (QED) is 0.554. The van der Waals surface area contributed by atoms with Gasteiger partial charge >= 0.3 is 12.1 Å². The summed E-state index contributed by atoms with van der Waals surface area (Å²) in [5.41, 5.74) is 1.31. The molecule has 0 bridgehead atoms. The Labute approximate surface area is 223 Å². The number of nitrogens with zero attached hydrogens (tertiary/aromatic N) is 4. The summed E-state index contributed by atoms with van der Waals surface area (Å²) in [7, 11) is 7.31. The average molecular weight is 533 g/mol. The van der Waals surface area contributed by atoms with E-state index in [4.69, 9.17) is 4.74 Å². The molecule has 1 aromatic heterocycles. The molecule has 0 radical (unpaired) electrons. The lowest BCUT2D eigenvalue weighted by Gasteiger charge is -2.45. The van der Waals surface area contributed by atoms with Gasteiger partial charge in [-0.15, -0.1) is 11.3 Å². The van der Waals surface area contributed by atoms with Gasteiger partial charge in [-0.25, -0.2) is 9.59 Å². The van der Waals surface area contributed by atoms with Gasteiger partial charge in [0.1, 0.15) is 11.1 Å². The fraction of sp³-hybridized carbons (Fsp3) is 0.692. The van der Waals surface area contributed by atoms with Crippen LogP contribution in [-0.4, -0.2) is 93.2 Å². The topological polar surface area (TPSA) is 118 Å². The van der Waals surface area contributed by atoms with Crippen molar-refractivity contribution in [1.29, 1.82) is 5.26 Å². The maximum absolute atomic E-state index is 13.5. The van der Waals surface area contributed by atoms with E-state index in [2.05, 4.69) is 40.4 Å². The van der Waals surface area contributed by atoms with Gasteiger partial charge in [0, 0.05) is 37.1 Å². The standard InChI is InChI=1S/C26H40N6O4S/c1-8-32(24(34)28-14-26(2,3)15-30(4)5)23(33)17-9-16-10-18-19(12-27)22(29-25(35)36-7)37-21(18)11-20(16)31(6)13-17/h16-17,20H,8-11,13-15H2,1-7H3,(H,28,34)(H,29,35)/t16-,17-,20-/m1/s1. The smallest absolute Gasteiger partial charge is 0.411 e. The van der Waals surface area contributed by atoms with Gasteiger partial charge in [0.15, 0.2) is 0 Å². The number of nitrogens with one attached hydrogen (secondary N) is 2. The molecule has 0 spiro atoms. The summed E-state index contributed by atoms with van der Waals surface area (Å²) in [5, 5.41) is 16.0.